The smallest absolute Gasteiger partial charge is 0.258 e. The van der Waals surface area contributed by atoms with Crippen LogP contribution in [0.5, 0.6) is 0 Å². The van der Waals surface area contributed by atoms with Crippen molar-refractivity contribution in [1.82, 2.24) is 9.97 Å². The lowest BCUT2D eigenvalue weighted by Gasteiger charge is -2.19. The molecule has 0 saturated carbocycles. The Hall–Kier alpha value is -1.64. The molecule has 0 atom stereocenters. The van der Waals surface area contributed by atoms with Crippen molar-refractivity contribution in [1.29, 1.82) is 0 Å². The second-order valence-electron chi connectivity index (χ2n) is 5.57. The molecule has 3 aromatic rings. The molecule has 1 aliphatic rings. The lowest BCUT2D eigenvalue weighted by Crippen LogP contribution is -2.15. The number of aromatic amines is 1. The van der Waals surface area contributed by atoms with Crippen molar-refractivity contribution in [2.45, 2.75) is 6.42 Å². The van der Waals surface area contributed by atoms with Crippen molar-refractivity contribution in [3.05, 3.63) is 59.5 Å². The zero-order chi connectivity index (χ0) is 17.6. The van der Waals surface area contributed by atoms with Crippen LogP contribution >= 0.6 is 45.8 Å². The Morgan fingerprint density at radius 2 is 2.00 bits per heavy atom. The molecule has 0 saturated heterocycles. The van der Waals surface area contributed by atoms with Crippen LogP contribution < -0.4 is 10.9 Å². The Kier molecular flexibility index (Phi) is 4.43. The molecule has 0 unspecified atom stereocenters. The molecular weight excluding hydrogens is 474 g/mol. The van der Waals surface area contributed by atoms with Crippen LogP contribution in [0.3, 0.4) is 0 Å². The van der Waals surface area contributed by atoms with Crippen molar-refractivity contribution < 1.29 is 0 Å². The lowest BCUT2D eigenvalue weighted by molar-refractivity contribution is 0.949. The van der Waals surface area contributed by atoms with Gasteiger partial charge in [0.15, 0.2) is 0 Å². The van der Waals surface area contributed by atoms with Crippen LogP contribution in [-0.2, 0) is 6.42 Å². The first kappa shape index (κ1) is 16.8. The Labute approximate surface area is 166 Å². The van der Waals surface area contributed by atoms with Crippen LogP contribution in [-0.4, -0.2) is 22.7 Å². The largest absolute Gasteiger partial charge is 0.338 e. The molecule has 1 aliphatic heterocycles. The van der Waals surface area contributed by atoms with Gasteiger partial charge in [-0.25, -0.2) is 4.98 Å². The average molecular weight is 485 g/mol. The van der Waals surface area contributed by atoms with E-state index in [0.717, 1.165) is 14.7 Å². The molecule has 1 aromatic carbocycles. The minimum Gasteiger partial charge on any atom is -0.338 e. The molecule has 0 radical (unpaired) electrons. The van der Waals surface area contributed by atoms with Gasteiger partial charge < -0.3 is 10.3 Å². The van der Waals surface area contributed by atoms with Gasteiger partial charge in [-0.2, -0.15) is 0 Å². The summed E-state index contributed by atoms with van der Waals surface area (Å²) in [5.74, 6) is 0.643. The van der Waals surface area contributed by atoms with Crippen molar-refractivity contribution in [2.24, 2.45) is 4.99 Å². The minimum atomic E-state index is -0.175. The summed E-state index contributed by atoms with van der Waals surface area (Å²) in [7, 11) is 0. The van der Waals surface area contributed by atoms with Crippen LogP contribution in [0.25, 0.3) is 10.9 Å². The van der Waals surface area contributed by atoms with Gasteiger partial charge in [0.2, 0.25) is 0 Å². The number of nitrogens with zero attached hydrogens (tertiary/aromatic N) is 2. The average Bonchev–Trinajstić information content (AvgIpc) is 2.58. The lowest BCUT2D eigenvalue weighted by atomic mass is 10.00. The highest BCUT2D eigenvalue weighted by Crippen LogP contribution is 2.36. The molecular formula is C17H11Cl2IN4O. The van der Waals surface area contributed by atoms with E-state index < -0.39 is 0 Å². The van der Waals surface area contributed by atoms with E-state index in [4.69, 9.17) is 23.2 Å². The number of hydrogen-bond acceptors (Lipinski definition) is 4. The summed E-state index contributed by atoms with van der Waals surface area (Å²) in [5.41, 5.74) is 2.75. The van der Waals surface area contributed by atoms with E-state index in [0.29, 0.717) is 45.4 Å². The van der Waals surface area contributed by atoms with Crippen molar-refractivity contribution in [2.75, 3.05) is 11.9 Å². The Morgan fingerprint density at radius 1 is 1.24 bits per heavy atom. The third-order valence-corrected chi connectivity index (χ3v) is 5.23. The number of aliphatic imine (C=N–C) groups is 1. The van der Waals surface area contributed by atoms with Gasteiger partial charge in [-0.1, -0.05) is 23.2 Å². The topological polar surface area (TPSA) is 70.1 Å². The number of rotatable bonds is 2. The maximum atomic E-state index is 12.2. The second kappa shape index (κ2) is 6.59. The van der Waals surface area contributed by atoms with Gasteiger partial charge in [0.25, 0.3) is 5.56 Å². The van der Waals surface area contributed by atoms with Crippen molar-refractivity contribution >= 4 is 74.4 Å². The summed E-state index contributed by atoms with van der Waals surface area (Å²) in [5, 5.41) is 4.84. The van der Waals surface area contributed by atoms with Gasteiger partial charge in [-0.15, -0.1) is 0 Å². The number of H-pyrrole nitrogens is 1. The fraction of sp³-hybridized carbons (Fsp3) is 0.118. The van der Waals surface area contributed by atoms with Gasteiger partial charge in [0, 0.05) is 33.7 Å². The molecule has 0 amide bonds. The normalized spacial score (nSPS) is 13.1. The molecule has 126 valence electrons. The molecule has 0 aliphatic carbocycles. The van der Waals surface area contributed by atoms with Crippen LogP contribution in [0.1, 0.15) is 11.1 Å². The van der Waals surface area contributed by atoms with Crippen LogP contribution in [0, 0.1) is 3.57 Å². The van der Waals surface area contributed by atoms with Gasteiger partial charge in [0.05, 0.1) is 26.6 Å². The SMILES string of the molecule is O=c1[nH]ccc2nc(Nc3c(Cl)cc(I)cc3Cl)c3c(c12)C=NCC3. The van der Waals surface area contributed by atoms with E-state index in [1.807, 2.05) is 12.1 Å². The Bertz CT molecular complexity index is 1070. The summed E-state index contributed by atoms with van der Waals surface area (Å²) < 4.78 is 0.949. The molecule has 8 heteroatoms. The summed E-state index contributed by atoms with van der Waals surface area (Å²) in [4.78, 5) is 23.9. The maximum Gasteiger partial charge on any atom is 0.258 e. The van der Waals surface area contributed by atoms with Gasteiger partial charge in [0.1, 0.15) is 5.82 Å². The predicted octanol–water partition coefficient (Wildman–Crippen LogP) is 4.55. The van der Waals surface area contributed by atoms with Gasteiger partial charge in [-0.05, 0) is 47.2 Å². The molecule has 2 aromatic heterocycles. The van der Waals surface area contributed by atoms with Gasteiger partial charge >= 0.3 is 0 Å². The highest BCUT2D eigenvalue weighted by molar-refractivity contribution is 14.1. The molecule has 3 heterocycles. The molecule has 0 fully saturated rings. The van der Waals surface area contributed by atoms with Crippen LogP contribution in [0.2, 0.25) is 10.0 Å². The predicted molar refractivity (Wildman–Crippen MR) is 111 cm³/mol. The molecule has 0 spiro atoms. The van der Waals surface area contributed by atoms with Crippen LogP contribution in [0.15, 0.2) is 34.2 Å². The highest BCUT2D eigenvalue weighted by Gasteiger charge is 2.19. The fourth-order valence-corrected chi connectivity index (χ4v) is 4.47. The zero-order valence-electron chi connectivity index (χ0n) is 12.7. The highest BCUT2D eigenvalue weighted by atomic mass is 127. The van der Waals surface area contributed by atoms with Crippen molar-refractivity contribution in [3.8, 4) is 0 Å². The van der Waals surface area contributed by atoms with E-state index in [1.165, 1.54) is 0 Å². The summed E-state index contributed by atoms with van der Waals surface area (Å²) in [6, 6.07) is 5.42. The van der Waals surface area contributed by atoms with E-state index in [-0.39, 0.29) is 5.56 Å². The quantitative estimate of drug-likeness (QED) is 0.524. The molecule has 25 heavy (non-hydrogen) atoms. The number of hydrogen-bond donors (Lipinski definition) is 2. The van der Waals surface area contributed by atoms with E-state index in [2.05, 4.69) is 42.9 Å². The first-order chi connectivity index (χ1) is 12.0. The number of benzene rings is 1. The molecule has 0 bridgehead atoms. The first-order valence-corrected chi connectivity index (χ1v) is 9.34. The molecule has 5 nitrogen and oxygen atoms in total. The third kappa shape index (κ3) is 3.02. The number of halogens is 3. The van der Waals surface area contributed by atoms with Gasteiger partial charge in [-0.3, -0.25) is 9.79 Å². The van der Waals surface area contributed by atoms with Crippen molar-refractivity contribution in [3.63, 3.8) is 0 Å². The maximum absolute atomic E-state index is 12.2. The van der Waals surface area contributed by atoms with E-state index in [1.54, 1.807) is 18.5 Å². The number of anilines is 2. The summed E-state index contributed by atoms with van der Waals surface area (Å²) >= 11 is 14.9. The number of aromatic nitrogens is 2. The standard InChI is InChI=1S/C17H11Cl2IN4O/c18-11-5-8(20)6-12(19)15(11)24-16-9-1-3-21-7-10(9)14-13(23-16)2-4-22-17(14)25/h2,4-7H,1,3H2,(H,22,25)(H,23,24). The molecule has 2 N–H and O–H groups in total. The second-order valence-corrected chi connectivity index (χ2v) is 7.63. The minimum absolute atomic E-state index is 0.175. The van der Waals surface area contributed by atoms with E-state index in [9.17, 15) is 4.79 Å². The summed E-state index contributed by atoms with van der Waals surface area (Å²) in [6.07, 6.45) is 4.00. The fourth-order valence-electron chi connectivity index (χ4n) is 2.90. The monoisotopic (exact) mass is 484 g/mol. The van der Waals surface area contributed by atoms with Crippen LogP contribution in [0.4, 0.5) is 11.5 Å². The Morgan fingerprint density at radius 3 is 2.76 bits per heavy atom. The summed E-state index contributed by atoms with van der Waals surface area (Å²) in [6.45, 7) is 0.647. The zero-order valence-corrected chi connectivity index (χ0v) is 16.4. The van der Waals surface area contributed by atoms with E-state index >= 15 is 0 Å². The molecule has 4 rings (SSSR count). The number of fused-ring (bicyclic) bond motifs is 3. The third-order valence-electron chi connectivity index (χ3n) is 4.01. The number of pyridine rings is 2. The first-order valence-electron chi connectivity index (χ1n) is 7.50. The Balaban J connectivity index is 1.95. The number of nitrogens with one attached hydrogen (secondary N) is 2.